The fourth-order valence-corrected chi connectivity index (χ4v) is 5.44. The van der Waals surface area contributed by atoms with Crippen molar-refractivity contribution in [2.75, 3.05) is 24.3 Å². The lowest BCUT2D eigenvalue weighted by Crippen LogP contribution is -2.25. The molecule has 1 saturated heterocycles. The van der Waals surface area contributed by atoms with Crippen molar-refractivity contribution in [2.45, 2.75) is 30.4 Å². The Kier molecular flexibility index (Phi) is 6.51. The normalized spacial score (nSPS) is 14.8. The molecule has 1 N–H and O–H groups in total. The number of thioether (sulfide) groups is 1. The molecule has 0 radical (unpaired) electrons. The molecule has 3 heterocycles. The Labute approximate surface area is 186 Å². The number of thiazole rings is 1. The van der Waals surface area contributed by atoms with E-state index >= 15 is 0 Å². The summed E-state index contributed by atoms with van der Waals surface area (Å²) in [5, 5.41) is 18.1. The SMILES string of the molecule is Cc1nn(C)c(C(=O)Nc2ccc3nc(SCCC4OCCCO4)sc3c2)c1[N+](=O)[O-]. The molecule has 164 valence electrons. The number of amides is 1. The van der Waals surface area contributed by atoms with Crippen LogP contribution in [0.5, 0.6) is 0 Å². The lowest BCUT2D eigenvalue weighted by molar-refractivity contribution is -0.385. The van der Waals surface area contributed by atoms with E-state index in [-0.39, 0.29) is 23.4 Å². The van der Waals surface area contributed by atoms with Gasteiger partial charge in [-0.25, -0.2) is 4.98 Å². The highest BCUT2D eigenvalue weighted by Gasteiger charge is 2.29. The van der Waals surface area contributed by atoms with Gasteiger partial charge in [-0.2, -0.15) is 5.10 Å². The van der Waals surface area contributed by atoms with Gasteiger partial charge in [-0.3, -0.25) is 19.6 Å². The van der Waals surface area contributed by atoms with Crippen LogP contribution in [0.1, 0.15) is 29.0 Å². The summed E-state index contributed by atoms with van der Waals surface area (Å²) in [5.41, 5.74) is 1.19. The van der Waals surface area contributed by atoms with Gasteiger partial charge in [-0.05, 0) is 31.5 Å². The Morgan fingerprint density at radius 3 is 2.94 bits per heavy atom. The minimum absolute atomic E-state index is 0.0877. The molecule has 1 aliphatic rings. The second-order valence-electron chi connectivity index (χ2n) is 6.94. The lowest BCUT2D eigenvalue weighted by Gasteiger charge is -2.22. The number of aryl methyl sites for hydroxylation is 2. The highest BCUT2D eigenvalue weighted by molar-refractivity contribution is 8.01. The fraction of sp³-hybridized carbons (Fsp3) is 0.421. The van der Waals surface area contributed by atoms with Gasteiger partial charge in [-0.15, -0.1) is 11.3 Å². The minimum Gasteiger partial charge on any atom is -0.353 e. The van der Waals surface area contributed by atoms with Gasteiger partial charge in [-0.1, -0.05) is 11.8 Å². The van der Waals surface area contributed by atoms with Crippen LogP contribution in [0.25, 0.3) is 10.2 Å². The first-order valence-electron chi connectivity index (χ1n) is 9.68. The van der Waals surface area contributed by atoms with E-state index < -0.39 is 10.8 Å². The molecule has 31 heavy (non-hydrogen) atoms. The molecule has 0 saturated carbocycles. The standard InChI is InChI=1S/C19H21N5O5S2/c1-11-16(24(26)27)17(23(2)22-11)18(25)20-12-4-5-13-14(10-12)31-19(21-13)30-9-6-15-28-7-3-8-29-15/h4-5,10,15H,3,6-9H2,1-2H3,(H,20,25). The number of hydrogen-bond acceptors (Lipinski definition) is 9. The molecule has 0 bridgehead atoms. The Balaban J connectivity index is 1.43. The maximum absolute atomic E-state index is 12.7. The van der Waals surface area contributed by atoms with E-state index in [2.05, 4.69) is 15.4 Å². The van der Waals surface area contributed by atoms with Gasteiger partial charge in [0.1, 0.15) is 5.69 Å². The van der Waals surface area contributed by atoms with Crippen LogP contribution in [0.2, 0.25) is 0 Å². The number of nitrogens with one attached hydrogen (secondary N) is 1. The first-order chi connectivity index (χ1) is 14.9. The van der Waals surface area contributed by atoms with Gasteiger partial charge in [0.2, 0.25) is 5.69 Å². The van der Waals surface area contributed by atoms with Crippen LogP contribution in [-0.4, -0.2) is 50.9 Å². The van der Waals surface area contributed by atoms with Gasteiger partial charge in [0.05, 0.1) is 28.4 Å². The molecular formula is C19H21N5O5S2. The summed E-state index contributed by atoms with van der Waals surface area (Å²) >= 11 is 3.17. The zero-order valence-electron chi connectivity index (χ0n) is 17.0. The number of rotatable bonds is 7. The van der Waals surface area contributed by atoms with Gasteiger partial charge in [0.25, 0.3) is 5.91 Å². The van der Waals surface area contributed by atoms with E-state index in [4.69, 9.17) is 9.47 Å². The number of nitrogens with zero attached hydrogens (tertiary/aromatic N) is 4. The molecule has 0 atom stereocenters. The van der Waals surface area contributed by atoms with Crippen molar-refractivity contribution in [3.8, 4) is 0 Å². The topological polar surface area (TPSA) is 121 Å². The zero-order chi connectivity index (χ0) is 22.0. The van der Waals surface area contributed by atoms with Crippen LogP contribution in [0, 0.1) is 17.0 Å². The van der Waals surface area contributed by atoms with Gasteiger partial charge < -0.3 is 14.8 Å². The van der Waals surface area contributed by atoms with Crippen LogP contribution >= 0.6 is 23.1 Å². The summed E-state index contributed by atoms with van der Waals surface area (Å²) in [6.07, 6.45) is 1.59. The van der Waals surface area contributed by atoms with E-state index in [1.54, 1.807) is 17.8 Å². The zero-order valence-corrected chi connectivity index (χ0v) is 18.6. The predicted octanol–water partition coefficient (Wildman–Crippen LogP) is 3.74. The summed E-state index contributed by atoms with van der Waals surface area (Å²) in [6, 6.07) is 5.37. The molecule has 4 rings (SSSR count). The number of carbonyl (C=O) groups excluding carboxylic acids is 1. The number of aromatic nitrogens is 3. The van der Waals surface area contributed by atoms with Crippen molar-refractivity contribution in [3.63, 3.8) is 0 Å². The van der Waals surface area contributed by atoms with Crippen LogP contribution < -0.4 is 5.32 Å². The van der Waals surface area contributed by atoms with Crippen molar-refractivity contribution in [1.82, 2.24) is 14.8 Å². The van der Waals surface area contributed by atoms with Crippen molar-refractivity contribution in [2.24, 2.45) is 7.05 Å². The van der Waals surface area contributed by atoms with Crippen molar-refractivity contribution < 1.29 is 19.2 Å². The molecule has 10 nitrogen and oxygen atoms in total. The predicted molar refractivity (Wildman–Crippen MR) is 118 cm³/mol. The van der Waals surface area contributed by atoms with E-state index in [1.165, 1.54) is 30.0 Å². The monoisotopic (exact) mass is 463 g/mol. The summed E-state index contributed by atoms with van der Waals surface area (Å²) in [6.45, 7) is 2.99. The first-order valence-corrected chi connectivity index (χ1v) is 11.5. The Morgan fingerprint density at radius 2 is 2.19 bits per heavy atom. The smallest absolute Gasteiger partial charge is 0.322 e. The molecule has 0 spiro atoms. The number of nitro groups is 1. The van der Waals surface area contributed by atoms with Crippen molar-refractivity contribution in [3.05, 3.63) is 39.7 Å². The first kappa shape index (κ1) is 21.7. The fourth-order valence-electron chi connectivity index (χ4n) is 3.30. The Hall–Kier alpha value is -2.54. The number of hydrogen-bond donors (Lipinski definition) is 1. The third-order valence-electron chi connectivity index (χ3n) is 4.69. The molecule has 0 unspecified atom stereocenters. The van der Waals surface area contributed by atoms with Crippen LogP contribution in [0.15, 0.2) is 22.5 Å². The molecular weight excluding hydrogens is 442 g/mol. The summed E-state index contributed by atoms with van der Waals surface area (Å²) < 4.78 is 14.2. The van der Waals surface area contributed by atoms with E-state index in [0.29, 0.717) is 5.69 Å². The Bertz CT molecular complexity index is 1120. The third kappa shape index (κ3) is 4.87. The average molecular weight is 464 g/mol. The van der Waals surface area contributed by atoms with Crippen LogP contribution in [-0.2, 0) is 16.5 Å². The minimum atomic E-state index is -0.587. The van der Waals surface area contributed by atoms with Crippen molar-refractivity contribution >= 4 is 50.6 Å². The summed E-state index contributed by atoms with van der Waals surface area (Å²) in [4.78, 5) is 28.0. The van der Waals surface area contributed by atoms with E-state index in [9.17, 15) is 14.9 Å². The van der Waals surface area contributed by atoms with Crippen molar-refractivity contribution in [1.29, 1.82) is 0 Å². The Morgan fingerprint density at radius 1 is 1.42 bits per heavy atom. The van der Waals surface area contributed by atoms with Gasteiger partial charge >= 0.3 is 5.69 Å². The van der Waals surface area contributed by atoms with Crippen LogP contribution in [0.4, 0.5) is 11.4 Å². The molecule has 2 aromatic heterocycles. The second kappa shape index (κ2) is 9.30. The molecule has 1 aliphatic heterocycles. The molecule has 0 aliphatic carbocycles. The number of benzene rings is 1. The molecule has 1 aromatic carbocycles. The van der Waals surface area contributed by atoms with E-state index in [1.807, 2.05) is 12.1 Å². The molecule has 1 fully saturated rings. The highest BCUT2D eigenvalue weighted by Crippen LogP contribution is 2.32. The maximum Gasteiger partial charge on any atom is 0.322 e. The second-order valence-corrected chi connectivity index (χ2v) is 9.31. The quantitative estimate of drug-likeness (QED) is 0.319. The number of anilines is 1. The van der Waals surface area contributed by atoms with Crippen LogP contribution in [0.3, 0.4) is 0 Å². The number of fused-ring (bicyclic) bond motifs is 1. The van der Waals surface area contributed by atoms with Gasteiger partial charge in [0, 0.05) is 24.9 Å². The number of ether oxygens (including phenoxy) is 2. The number of carbonyl (C=O) groups is 1. The highest BCUT2D eigenvalue weighted by atomic mass is 32.2. The molecule has 3 aromatic rings. The third-order valence-corrected chi connectivity index (χ3v) is 6.88. The van der Waals surface area contributed by atoms with E-state index in [0.717, 1.165) is 46.4 Å². The summed E-state index contributed by atoms with van der Waals surface area (Å²) in [5.74, 6) is 0.248. The largest absolute Gasteiger partial charge is 0.353 e. The molecule has 12 heteroatoms. The van der Waals surface area contributed by atoms with Gasteiger partial charge in [0.15, 0.2) is 10.6 Å². The summed E-state index contributed by atoms with van der Waals surface area (Å²) in [7, 11) is 1.51. The molecule has 1 amide bonds. The lowest BCUT2D eigenvalue weighted by atomic mass is 10.2. The maximum atomic E-state index is 12.7. The average Bonchev–Trinajstić information content (AvgIpc) is 3.27.